The lowest BCUT2D eigenvalue weighted by molar-refractivity contribution is 0.251. The highest BCUT2D eigenvalue weighted by Crippen LogP contribution is 2.11. The van der Waals surface area contributed by atoms with Gasteiger partial charge in [0.2, 0.25) is 0 Å². The molecule has 1 unspecified atom stereocenters. The van der Waals surface area contributed by atoms with Crippen molar-refractivity contribution in [3.8, 4) is 5.69 Å². The van der Waals surface area contributed by atoms with Crippen molar-refractivity contribution in [3.05, 3.63) is 48.3 Å². The average Bonchev–Trinajstić information content (AvgIpc) is 3.20. The first-order valence-corrected chi connectivity index (χ1v) is 7.88. The van der Waals surface area contributed by atoms with Crippen molar-refractivity contribution in [1.82, 2.24) is 20.0 Å². The van der Waals surface area contributed by atoms with Crippen LogP contribution in [0.25, 0.3) is 5.69 Å². The zero-order valence-corrected chi connectivity index (χ0v) is 12.7. The number of para-hydroxylation sites is 1. The Hall–Kier alpha value is -1.65. The predicted molar refractivity (Wildman–Crippen MR) is 85.5 cm³/mol. The zero-order chi connectivity index (χ0) is 14.5. The summed E-state index contributed by atoms with van der Waals surface area (Å²) in [5.74, 6) is 0. The van der Waals surface area contributed by atoms with Crippen LogP contribution >= 0.6 is 0 Å². The third-order valence-electron chi connectivity index (χ3n) is 4.17. The Morgan fingerprint density at radius 1 is 1.14 bits per heavy atom. The quantitative estimate of drug-likeness (QED) is 0.884. The highest BCUT2D eigenvalue weighted by atomic mass is 15.3. The number of hydrogen-bond acceptors (Lipinski definition) is 3. The summed E-state index contributed by atoms with van der Waals surface area (Å²) in [7, 11) is 0. The van der Waals surface area contributed by atoms with Gasteiger partial charge >= 0.3 is 0 Å². The molecule has 1 atom stereocenters. The van der Waals surface area contributed by atoms with Crippen molar-refractivity contribution >= 4 is 0 Å². The van der Waals surface area contributed by atoms with E-state index in [0.717, 1.165) is 24.5 Å². The number of nitrogens with one attached hydrogen (secondary N) is 1. The molecule has 1 aliphatic heterocycles. The van der Waals surface area contributed by atoms with Gasteiger partial charge in [0, 0.05) is 25.3 Å². The second-order valence-electron chi connectivity index (χ2n) is 5.81. The first-order chi connectivity index (χ1) is 10.3. The monoisotopic (exact) mass is 284 g/mol. The van der Waals surface area contributed by atoms with Crippen molar-refractivity contribution in [2.75, 3.05) is 19.6 Å². The summed E-state index contributed by atoms with van der Waals surface area (Å²) in [4.78, 5) is 2.57. The summed E-state index contributed by atoms with van der Waals surface area (Å²) >= 11 is 0. The molecule has 4 heteroatoms. The van der Waals surface area contributed by atoms with Crippen LogP contribution in [0.4, 0.5) is 0 Å². The topological polar surface area (TPSA) is 33.1 Å². The minimum absolute atomic E-state index is 0.615. The largest absolute Gasteiger partial charge is 0.310 e. The Morgan fingerprint density at radius 3 is 2.67 bits per heavy atom. The molecule has 0 spiro atoms. The summed E-state index contributed by atoms with van der Waals surface area (Å²) < 4.78 is 1.93. The molecule has 4 nitrogen and oxygen atoms in total. The minimum Gasteiger partial charge on any atom is -0.310 e. The van der Waals surface area contributed by atoms with Crippen molar-refractivity contribution in [1.29, 1.82) is 0 Å². The number of aromatic nitrogens is 2. The first kappa shape index (κ1) is 14.3. The molecule has 3 rings (SSSR count). The molecule has 1 N–H and O–H groups in total. The standard InChI is InChI=1S/C17H24N4/c1-15(20-10-5-6-11-20)13-18-14-16-9-12-21(19-16)17-7-3-2-4-8-17/h2-4,7-9,12,15,18H,5-6,10-11,13-14H2,1H3. The molecule has 0 radical (unpaired) electrons. The minimum atomic E-state index is 0.615. The van der Waals surface area contributed by atoms with Crippen LogP contribution in [0.1, 0.15) is 25.5 Å². The van der Waals surface area contributed by atoms with Crippen LogP contribution in [0.3, 0.4) is 0 Å². The van der Waals surface area contributed by atoms with Gasteiger partial charge in [-0.15, -0.1) is 0 Å². The van der Waals surface area contributed by atoms with E-state index in [9.17, 15) is 0 Å². The Labute approximate surface area is 126 Å². The lowest BCUT2D eigenvalue weighted by atomic mass is 10.3. The molecule has 1 fully saturated rings. The van der Waals surface area contributed by atoms with Gasteiger partial charge in [0.1, 0.15) is 0 Å². The van der Waals surface area contributed by atoms with Gasteiger partial charge in [0.25, 0.3) is 0 Å². The van der Waals surface area contributed by atoms with Crippen LogP contribution in [0.15, 0.2) is 42.6 Å². The molecule has 0 aliphatic carbocycles. The Balaban J connectivity index is 1.49. The van der Waals surface area contributed by atoms with Crippen LogP contribution in [-0.4, -0.2) is 40.4 Å². The van der Waals surface area contributed by atoms with Crippen molar-refractivity contribution in [2.24, 2.45) is 0 Å². The molecule has 112 valence electrons. The van der Waals surface area contributed by atoms with E-state index < -0.39 is 0 Å². The summed E-state index contributed by atoms with van der Waals surface area (Å²) in [6.07, 6.45) is 4.73. The molecule has 2 heterocycles. The molecule has 1 aromatic heterocycles. The van der Waals surface area contributed by atoms with Crippen LogP contribution in [0.2, 0.25) is 0 Å². The van der Waals surface area contributed by atoms with E-state index in [2.05, 4.69) is 40.4 Å². The van der Waals surface area contributed by atoms with Crippen molar-refractivity contribution in [2.45, 2.75) is 32.4 Å². The average molecular weight is 284 g/mol. The van der Waals surface area contributed by atoms with Gasteiger partial charge in [-0.3, -0.25) is 4.90 Å². The van der Waals surface area contributed by atoms with Gasteiger partial charge in [-0.05, 0) is 51.1 Å². The lowest BCUT2D eigenvalue weighted by Crippen LogP contribution is -2.38. The Bertz CT molecular complexity index is 543. The highest BCUT2D eigenvalue weighted by molar-refractivity contribution is 5.30. The van der Waals surface area contributed by atoms with E-state index in [1.165, 1.54) is 25.9 Å². The normalized spacial score (nSPS) is 17.2. The number of likely N-dealkylation sites (tertiary alicyclic amines) is 1. The number of rotatable bonds is 6. The lowest BCUT2D eigenvalue weighted by Gasteiger charge is -2.23. The molecule has 21 heavy (non-hydrogen) atoms. The molecular formula is C17H24N4. The maximum absolute atomic E-state index is 4.62. The fourth-order valence-electron chi connectivity index (χ4n) is 2.90. The smallest absolute Gasteiger partial charge is 0.0766 e. The second-order valence-corrected chi connectivity index (χ2v) is 5.81. The summed E-state index contributed by atoms with van der Waals surface area (Å²) in [5, 5.41) is 8.14. The second kappa shape index (κ2) is 6.87. The Kier molecular flexibility index (Phi) is 4.68. The summed E-state index contributed by atoms with van der Waals surface area (Å²) in [6.45, 7) is 6.67. The molecule has 0 saturated carbocycles. The van der Waals surface area contributed by atoms with E-state index in [-0.39, 0.29) is 0 Å². The van der Waals surface area contributed by atoms with Gasteiger partial charge in [-0.25, -0.2) is 4.68 Å². The third-order valence-corrected chi connectivity index (χ3v) is 4.17. The summed E-state index contributed by atoms with van der Waals surface area (Å²) in [5.41, 5.74) is 2.20. The van der Waals surface area contributed by atoms with Gasteiger partial charge in [-0.2, -0.15) is 5.10 Å². The maximum atomic E-state index is 4.62. The molecule has 1 saturated heterocycles. The molecule has 1 aromatic carbocycles. The maximum Gasteiger partial charge on any atom is 0.0766 e. The van der Waals surface area contributed by atoms with Gasteiger partial charge in [-0.1, -0.05) is 18.2 Å². The van der Waals surface area contributed by atoms with E-state index in [1.54, 1.807) is 0 Å². The van der Waals surface area contributed by atoms with Gasteiger partial charge in [0.05, 0.1) is 11.4 Å². The van der Waals surface area contributed by atoms with Crippen LogP contribution in [0.5, 0.6) is 0 Å². The van der Waals surface area contributed by atoms with E-state index in [4.69, 9.17) is 0 Å². The number of benzene rings is 1. The van der Waals surface area contributed by atoms with Gasteiger partial charge in [0.15, 0.2) is 0 Å². The van der Waals surface area contributed by atoms with Gasteiger partial charge < -0.3 is 5.32 Å². The number of nitrogens with zero attached hydrogens (tertiary/aromatic N) is 3. The third kappa shape index (κ3) is 3.71. The van der Waals surface area contributed by atoms with Crippen LogP contribution in [0, 0.1) is 0 Å². The Morgan fingerprint density at radius 2 is 1.90 bits per heavy atom. The highest BCUT2D eigenvalue weighted by Gasteiger charge is 2.17. The zero-order valence-electron chi connectivity index (χ0n) is 12.7. The first-order valence-electron chi connectivity index (χ1n) is 7.88. The van der Waals surface area contributed by atoms with Crippen molar-refractivity contribution in [3.63, 3.8) is 0 Å². The SMILES string of the molecule is CC(CNCc1ccn(-c2ccccc2)n1)N1CCCC1. The van der Waals surface area contributed by atoms with E-state index in [1.807, 2.05) is 29.1 Å². The van der Waals surface area contributed by atoms with Crippen LogP contribution < -0.4 is 5.32 Å². The number of hydrogen-bond donors (Lipinski definition) is 1. The summed E-state index contributed by atoms with van der Waals surface area (Å²) in [6, 6.07) is 12.9. The molecule has 0 bridgehead atoms. The fraction of sp³-hybridized carbons (Fsp3) is 0.471. The van der Waals surface area contributed by atoms with E-state index in [0.29, 0.717) is 6.04 Å². The molecule has 2 aromatic rings. The predicted octanol–water partition coefficient (Wildman–Crippen LogP) is 2.45. The molecule has 1 aliphatic rings. The fourth-order valence-corrected chi connectivity index (χ4v) is 2.90. The van der Waals surface area contributed by atoms with E-state index >= 15 is 0 Å². The van der Waals surface area contributed by atoms with Crippen molar-refractivity contribution < 1.29 is 0 Å². The van der Waals surface area contributed by atoms with Crippen LogP contribution in [-0.2, 0) is 6.54 Å². The molecular weight excluding hydrogens is 260 g/mol. The molecule has 0 amide bonds.